The third-order valence-electron chi connectivity index (χ3n) is 1.70. The van der Waals surface area contributed by atoms with Crippen molar-refractivity contribution in [2.75, 3.05) is 12.8 Å². The van der Waals surface area contributed by atoms with Crippen LogP contribution in [0.3, 0.4) is 0 Å². The molecular weight excluding hydrogens is 194 g/mol. The molecule has 15 heavy (non-hydrogen) atoms. The Morgan fingerprint density at radius 3 is 3.00 bits per heavy atom. The summed E-state index contributed by atoms with van der Waals surface area (Å²) in [7, 11) is 1.29. The summed E-state index contributed by atoms with van der Waals surface area (Å²) in [4.78, 5) is 10.7. The summed E-state index contributed by atoms with van der Waals surface area (Å²) in [5, 5.41) is 9.38. The summed E-state index contributed by atoms with van der Waals surface area (Å²) in [6.07, 6.45) is -0.00919. The van der Waals surface area contributed by atoms with Crippen LogP contribution in [0.2, 0.25) is 0 Å². The normalized spacial score (nSPS) is 8.87. The highest BCUT2D eigenvalue weighted by atomic mass is 16.5. The van der Waals surface area contributed by atoms with Crippen LogP contribution in [0.15, 0.2) is 18.2 Å². The fourth-order valence-electron chi connectivity index (χ4n) is 0.938. The molecular formula is C11H11NO3. The molecule has 4 nitrogen and oxygen atoms in total. The molecule has 0 radical (unpaired) electrons. The Balaban J connectivity index is 2.79. The van der Waals surface area contributed by atoms with Gasteiger partial charge in [0.1, 0.15) is 12.2 Å². The minimum absolute atomic E-state index is 0.00919. The molecule has 0 fully saturated rings. The second-order valence-corrected chi connectivity index (χ2v) is 2.83. The van der Waals surface area contributed by atoms with Crippen molar-refractivity contribution in [1.29, 1.82) is 0 Å². The van der Waals surface area contributed by atoms with Crippen LogP contribution in [0.25, 0.3) is 0 Å². The number of phenols is 1. The molecule has 0 heterocycles. The molecule has 0 saturated heterocycles. The van der Waals surface area contributed by atoms with Gasteiger partial charge in [0.25, 0.3) is 0 Å². The number of hydrogen-bond donors (Lipinski definition) is 2. The lowest BCUT2D eigenvalue weighted by Crippen LogP contribution is -1.97. The number of nitrogen functional groups attached to an aromatic ring is 1. The molecule has 1 aromatic rings. The van der Waals surface area contributed by atoms with Crippen LogP contribution in [0.4, 0.5) is 5.69 Å². The summed E-state index contributed by atoms with van der Waals surface area (Å²) in [6.45, 7) is 0. The van der Waals surface area contributed by atoms with Crippen LogP contribution in [0.1, 0.15) is 12.0 Å². The number of rotatable bonds is 1. The number of aromatic hydroxyl groups is 1. The maximum absolute atomic E-state index is 10.7. The minimum atomic E-state index is -0.411. The van der Waals surface area contributed by atoms with Crippen LogP contribution in [0.5, 0.6) is 5.75 Å². The Hall–Kier alpha value is -2.15. The van der Waals surface area contributed by atoms with Crippen molar-refractivity contribution in [2.24, 2.45) is 0 Å². The van der Waals surface area contributed by atoms with E-state index in [2.05, 4.69) is 16.6 Å². The maximum Gasteiger partial charge on any atom is 0.317 e. The van der Waals surface area contributed by atoms with E-state index in [1.54, 1.807) is 12.1 Å². The van der Waals surface area contributed by atoms with E-state index >= 15 is 0 Å². The van der Waals surface area contributed by atoms with Gasteiger partial charge in [-0.1, -0.05) is 11.8 Å². The fourth-order valence-corrected chi connectivity index (χ4v) is 0.938. The molecule has 0 saturated carbocycles. The first-order chi connectivity index (χ1) is 7.13. The van der Waals surface area contributed by atoms with E-state index in [1.807, 2.05) is 0 Å². The van der Waals surface area contributed by atoms with E-state index in [-0.39, 0.29) is 12.2 Å². The molecule has 4 heteroatoms. The lowest BCUT2D eigenvalue weighted by molar-refractivity contribution is -0.139. The third-order valence-corrected chi connectivity index (χ3v) is 1.70. The van der Waals surface area contributed by atoms with Gasteiger partial charge in [0, 0.05) is 5.69 Å². The van der Waals surface area contributed by atoms with Gasteiger partial charge in [-0.3, -0.25) is 4.79 Å². The number of anilines is 1. The van der Waals surface area contributed by atoms with Gasteiger partial charge < -0.3 is 15.6 Å². The molecule has 0 unspecified atom stereocenters. The number of esters is 1. The van der Waals surface area contributed by atoms with E-state index in [0.29, 0.717) is 11.3 Å². The highest BCUT2D eigenvalue weighted by Gasteiger charge is 1.98. The molecule has 0 atom stereocenters. The monoisotopic (exact) mass is 205 g/mol. The number of hydrogen-bond acceptors (Lipinski definition) is 4. The fraction of sp³-hybridized carbons (Fsp3) is 0.182. The Morgan fingerprint density at radius 2 is 2.33 bits per heavy atom. The number of carbonyl (C=O) groups excluding carboxylic acids is 1. The van der Waals surface area contributed by atoms with Crippen molar-refractivity contribution in [3.63, 3.8) is 0 Å². The largest absolute Gasteiger partial charge is 0.507 e. The molecule has 3 N–H and O–H groups in total. The summed E-state index contributed by atoms with van der Waals surface area (Å²) in [5.74, 6) is 4.85. The molecule has 0 amide bonds. The van der Waals surface area contributed by atoms with Crippen LogP contribution >= 0.6 is 0 Å². The van der Waals surface area contributed by atoms with E-state index in [4.69, 9.17) is 5.73 Å². The Morgan fingerprint density at radius 1 is 1.60 bits per heavy atom. The molecule has 1 aromatic carbocycles. The molecule has 78 valence electrons. The summed E-state index contributed by atoms with van der Waals surface area (Å²) in [6, 6.07) is 4.57. The number of methoxy groups -OCH3 is 1. The topological polar surface area (TPSA) is 72.5 Å². The predicted octanol–water partition coefficient (Wildman–Crippen LogP) is 0.889. The number of carbonyl (C=O) groups is 1. The van der Waals surface area contributed by atoms with Crippen LogP contribution < -0.4 is 5.73 Å². The second-order valence-electron chi connectivity index (χ2n) is 2.83. The van der Waals surface area contributed by atoms with Crippen molar-refractivity contribution in [2.45, 2.75) is 6.42 Å². The number of phenolic OH excluding ortho intramolecular Hbond substituents is 1. The first-order valence-electron chi connectivity index (χ1n) is 4.27. The quantitative estimate of drug-likeness (QED) is 0.309. The standard InChI is InChI=1S/C11H11NO3/c1-15-11(14)4-2-3-8-7-9(12)5-6-10(8)13/h5-7,13H,4,12H2,1H3. The van der Waals surface area contributed by atoms with E-state index in [0.717, 1.165) is 0 Å². The Labute approximate surface area is 87.7 Å². The minimum Gasteiger partial charge on any atom is -0.507 e. The summed E-state index contributed by atoms with van der Waals surface area (Å²) >= 11 is 0. The Bertz CT molecular complexity index is 429. The molecule has 0 bridgehead atoms. The first-order valence-corrected chi connectivity index (χ1v) is 4.27. The molecule has 0 aliphatic rings. The highest BCUT2D eigenvalue weighted by Crippen LogP contribution is 2.18. The number of benzene rings is 1. The van der Waals surface area contributed by atoms with E-state index in [1.165, 1.54) is 13.2 Å². The smallest absolute Gasteiger partial charge is 0.317 e. The van der Waals surface area contributed by atoms with Crippen molar-refractivity contribution >= 4 is 11.7 Å². The highest BCUT2D eigenvalue weighted by molar-refractivity contribution is 5.72. The lowest BCUT2D eigenvalue weighted by atomic mass is 10.2. The number of nitrogens with two attached hydrogens (primary N) is 1. The van der Waals surface area contributed by atoms with Crippen molar-refractivity contribution < 1.29 is 14.6 Å². The Kier molecular flexibility index (Phi) is 3.58. The first kappa shape index (κ1) is 10.9. The molecule has 0 aromatic heterocycles. The lowest BCUT2D eigenvalue weighted by Gasteiger charge is -1.97. The third kappa shape index (κ3) is 3.24. The molecule has 0 spiro atoms. The second kappa shape index (κ2) is 4.91. The average Bonchev–Trinajstić information content (AvgIpc) is 2.23. The van der Waals surface area contributed by atoms with Crippen molar-refractivity contribution in [3.05, 3.63) is 23.8 Å². The van der Waals surface area contributed by atoms with Gasteiger partial charge in [-0.2, -0.15) is 0 Å². The van der Waals surface area contributed by atoms with Gasteiger partial charge in [0.2, 0.25) is 0 Å². The zero-order valence-corrected chi connectivity index (χ0v) is 8.28. The molecule has 0 aliphatic carbocycles. The van der Waals surface area contributed by atoms with E-state index < -0.39 is 5.97 Å². The van der Waals surface area contributed by atoms with Gasteiger partial charge >= 0.3 is 5.97 Å². The van der Waals surface area contributed by atoms with Gasteiger partial charge in [-0.05, 0) is 18.2 Å². The number of ether oxygens (including phenoxy) is 1. The van der Waals surface area contributed by atoms with Crippen molar-refractivity contribution in [3.8, 4) is 17.6 Å². The zero-order chi connectivity index (χ0) is 11.3. The molecule has 0 aliphatic heterocycles. The van der Waals surface area contributed by atoms with Gasteiger partial charge in [0.05, 0.1) is 12.7 Å². The zero-order valence-electron chi connectivity index (χ0n) is 8.28. The van der Waals surface area contributed by atoms with Crippen LogP contribution in [-0.4, -0.2) is 18.2 Å². The molecule has 1 rings (SSSR count). The average molecular weight is 205 g/mol. The van der Waals surface area contributed by atoms with Crippen LogP contribution in [0, 0.1) is 11.8 Å². The predicted molar refractivity (Wildman–Crippen MR) is 56.0 cm³/mol. The van der Waals surface area contributed by atoms with Crippen molar-refractivity contribution in [1.82, 2.24) is 0 Å². The maximum atomic E-state index is 10.7. The van der Waals surface area contributed by atoms with Gasteiger partial charge in [-0.25, -0.2) is 0 Å². The summed E-state index contributed by atoms with van der Waals surface area (Å²) < 4.78 is 4.41. The summed E-state index contributed by atoms with van der Waals surface area (Å²) in [5.41, 5.74) is 6.43. The van der Waals surface area contributed by atoms with Crippen LogP contribution in [-0.2, 0) is 9.53 Å². The van der Waals surface area contributed by atoms with E-state index in [9.17, 15) is 9.90 Å². The van der Waals surface area contributed by atoms with Gasteiger partial charge in [-0.15, -0.1) is 0 Å². The SMILES string of the molecule is COC(=O)CC#Cc1cc(N)ccc1O. The van der Waals surface area contributed by atoms with Gasteiger partial charge in [0.15, 0.2) is 0 Å².